The van der Waals surface area contributed by atoms with Crippen LogP contribution in [0.25, 0.3) is 0 Å². The Hall–Kier alpha value is -0.620. The van der Waals surface area contributed by atoms with E-state index in [-0.39, 0.29) is 6.10 Å². The quantitative estimate of drug-likeness (QED) is 0.861. The zero-order valence-electron chi connectivity index (χ0n) is 11.7. The number of nitrogens with zero attached hydrogens (tertiary/aromatic N) is 2. The van der Waals surface area contributed by atoms with Crippen LogP contribution >= 0.6 is 11.6 Å². The second kappa shape index (κ2) is 5.79. The molecule has 1 aliphatic rings. The normalized spacial score (nSPS) is 27.1. The highest BCUT2D eigenvalue weighted by Gasteiger charge is 2.39. The molecular formula is C13H22ClN3O2. The molecule has 0 saturated carbocycles. The third-order valence-electron chi connectivity index (χ3n) is 3.84. The Labute approximate surface area is 118 Å². The second-order valence-electron chi connectivity index (χ2n) is 5.13. The molecule has 2 atom stereocenters. The third kappa shape index (κ3) is 2.94. The predicted octanol–water partition coefficient (Wildman–Crippen LogP) is 1.49. The first-order valence-corrected chi connectivity index (χ1v) is 7.12. The molecule has 0 spiro atoms. The van der Waals surface area contributed by atoms with Gasteiger partial charge in [0, 0.05) is 32.7 Å². The van der Waals surface area contributed by atoms with Crippen molar-refractivity contribution in [3.63, 3.8) is 0 Å². The molecule has 19 heavy (non-hydrogen) atoms. The van der Waals surface area contributed by atoms with Gasteiger partial charge in [-0.05, 0) is 20.8 Å². The van der Waals surface area contributed by atoms with Crippen LogP contribution in [0.3, 0.4) is 0 Å². The first-order valence-electron chi connectivity index (χ1n) is 6.74. The van der Waals surface area contributed by atoms with Crippen molar-refractivity contribution >= 4 is 11.6 Å². The van der Waals surface area contributed by atoms with Crippen molar-refractivity contribution in [1.29, 1.82) is 0 Å². The van der Waals surface area contributed by atoms with Crippen LogP contribution in [0.4, 0.5) is 0 Å². The number of halogens is 1. The van der Waals surface area contributed by atoms with E-state index in [2.05, 4.69) is 10.4 Å². The van der Waals surface area contributed by atoms with E-state index in [1.54, 1.807) is 0 Å². The maximum atomic E-state index is 10.4. The SMILES string of the molecule is CCn1nc(C)c(Cl)c1CNCC1(O)CCOC1C. The average Bonchev–Trinajstić information content (AvgIpc) is 2.84. The van der Waals surface area contributed by atoms with E-state index in [1.165, 1.54) is 0 Å². The minimum Gasteiger partial charge on any atom is -0.386 e. The molecule has 2 N–H and O–H groups in total. The molecule has 1 saturated heterocycles. The molecule has 0 aliphatic carbocycles. The molecule has 2 heterocycles. The van der Waals surface area contributed by atoms with Crippen LogP contribution in [0.5, 0.6) is 0 Å². The summed E-state index contributed by atoms with van der Waals surface area (Å²) in [6.45, 7) is 8.34. The molecule has 1 aromatic rings. The highest BCUT2D eigenvalue weighted by Crippen LogP contribution is 2.25. The molecule has 5 nitrogen and oxygen atoms in total. The number of hydrogen-bond acceptors (Lipinski definition) is 4. The van der Waals surface area contributed by atoms with Crippen molar-refractivity contribution in [3.8, 4) is 0 Å². The van der Waals surface area contributed by atoms with Crippen LogP contribution in [-0.4, -0.2) is 39.7 Å². The van der Waals surface area contributed by atoms with Crippen LogP contribution in [0.2, 0.25) is 5.02 Å². The van der Waals surface area contributed by atoms with Gasteiger partial charge in [0.1, 0.15) is 5.60 Å². The smallest absolute Gasteiger partial charge is 0.105 e. The first kappa shape index (κ1) is 14.8. The van der Waals surface area contributed by atoms with E-state index < -0.39 is 5.60 Å². The summed E-state index contributed by atoms with van der Waals surface area (Å²) >= 11 is 6.24. The standard InChI is InChI=1S/C13H22ClN3O2/c1-4-17-11(12(14)9(2)16-17)7-15-8-13(18)5-6-19-10(13)3/h10,15,18H,4-8H2,1-3H3. The highest BCUT2D eigenvalue weighted by molar-refractivity contribution is 6.31. The number of aliphatic hydroxyl groups is 1. The van der Waals surface area contributed by atoms with E-state index in [9.17, 15) is 5.11 Å². The van der Waals surface area contributed by atoms with Crippen LogP contribution in [-0.2, 0) is 17.8 Å². The summed E-state index contributed by atoms with van der Waals surface area (Å²) in [5.41, 5.74) is 1.03. The fourth-order valence-corrected chi connectivity index (χ4v) is 2.64. The Morgan fingerprint density at radius 3 is 2.95 bits per heavy atom. The molecule has 0 radical (unpaired) electrons. The van der Waals surface area contributed by atoms with Crippen LogP contribution < -0.4 is 5.32 Å². The van der Waals surface area contributed by atoms with Gasteiger partial charge >= 0.3 is 0 Å². The Morgan fingerprint density at radius 1 is 1.63 bits per heavy atom. The Balaban J connectivity index is 1.96. The lowest BCUT2D eigenvalue weighted by Gasteiger charge is -2.26. The Morgan fingerprint density at radius 2 is 2.37 bits per heavy atom. The zero-order chi connectivity index (χ0) is 14.0. The number of aryl methyl sites for hydroxylation is 2. The van der Waals surface area contributed by atoms with Crippen molar-refractivity contribution in [2.45, 2.75) is 52.0 Å². The molecule has 2 unspecified atom stereocenters. The maximum absolute atomic E-state index is 10.4. The molecule has 0 amide bonds. The van der Waals surface area contributed by atoms with Gasteiger partial charge in [0.25, 0.3) is 0 Å². The van der Waals surface area contributed by atoms with Crippen molar-refractivity contribution in [2.24, 2.45) is 0 Å². The number of rotatable bonds is 5. The molecule has 1 aliphatic heterocycles. The lowest BCUT2D eigenvalue weighted by molar-refractivity contribution is -0.0263. The van der Waals surface area contributed by atoms with Gasteiger partial charge in [0.05, 0.1) is 22.5 Å². The van der Waals surface area contributed by atoms with Gasteiger partial charge in [-0.2, -0.15) is 5.10 Å². The predicted molar refractivity (Wildman–Crippen MR) is 74.3 cm³/mol. The van der Waals surface area contributed by atoms with Crippen LogP contribution in [0.1, 0.15) is 31.7 Å². The second-order valence-corrected chi connectivity index (χ2v) is 5.51. The number of hydrogen-bond donors (Lipinski definition) is 2. The van der Waals surface area contributed by atoms with Gasteiger partial charge in [-0.25, -0.2) is 0 Å². The van der Waals surface area contributed by atoms with Gasteiger partial charge in [-0.1, -0.05) is 11.6 Å². The molecule has 2 rings (SSSR count). The summed E-state index contributed by atoms with van der Waals surface area (Å²) in [4.78, 5) is 0. The topological polar surface area (TPSA) is 59.3 Å². The monoisotopic (exact) mass is 287 g/mol. The highest BCUT2D eigenvalue weighted by atomic mass is 35.5. The summed E-state index contributed by atoms with van der Waals surface area (Å²) in [7, 11) is 0. The Bertz CT molecular complexity index is 449. The van der Waals surface area contributed by atoms with Gasteiger partial charge in [0.15, 0.2) is 0 Å². The molecule has 1 aromatic heterocycles. The van der Waals surface area contributed by atoms with Crippen molar-refractivity contribution in [3.05, 3.63) is 16.4 Å². The van der Waals surface area contributed by atoms with Gasteiger partial charge in [0.2, 0.25) is 0 Å². The third-order valence-corrected chi connectivity index (χ3v) is 4.33. The molecule has 0 aromatic carbocycles. The summed E-state index contributed by atoms with van der Waals surface area (Å²) in [6.07, 6.45) is 0.536. The van der Waals surface area contributed by atoms with Gasteiger partial charge < -0.3 is 15.2 Å². The summed E-state index contributed by atoms with van der Waals surface area (Å²) < 4.78 is 7.30. The number of ether oxygens (including phenoxy) is 1. The van der Waals surface area contributed by atoms with E-state index in [0.29, 0.717) is 31.1 Å². The van der Waals surface area contributed by atoms with E-state index >= 15 is 0 Å². The fourth-order valence-electron chi connectivity index (χ4n) is 2.44. The minimum absolute atomic E-state index is 0.131. The Kier molecular flexibility index (Phi) is 4.50. The molecule has 6 heteroatoms. The lowest BCUT2D eigenvalue weighted by Crippen LogP contribution is -2.45. The molecule has 1 fully saturated rings. The largest absolute Gasteiger partial charge is 0.386 e. The fraction of sp³-hybridized carbons (Fsp3) is 0.769. The molecule has 108 valence electrons. The molecule has 0 bridgehead atoms. The van der Waals surface area contributed by atoms with E-state index in [4.69, 9.17) is 16.3 Å². The van der Waals surface area contributed by atoms with E-state index in [1.807, 2.05) is 25.5 Å². The number of nitrogens with one attached hydrogen (secondary N) is 1. The summed E-state index contributed by atoms with van der Waals surface area (Å²) in [5, 5.41) is 18.7. The molecular weight excluding hydrogens is 266 g/mol. The summed E-state index contributed by atoms with van der Waals surface area (Å²) in [6, 6.07) is 0. The minimum atomic E-state index is -0.779. The lowest BCUT2D eigenvalue weighted by atomic mass is 9.97. The van der Waals surface area contributed by atoms with Crippen molar-refractivity contribution in [2.75, 3.05) is 13.2 Å². The van der Waals surface area contributed by atoms with Crippen molar-refractivity contribution < 1.29 is 9.84 Å². The van der Waals surface area contributed by atoms with Gasteiger partial charge in [-0.3, -0.25) is 4.68 Å². The summed E-state index contributed by atoms with van der Waals surface area (Å²) in [5.74, 6) is 0. The average molecular weight is 288 g/mol. The van der Waals surface area contributed by atoms with E-state index in [0.717, 1.165) is 17.9 Å². The number of aromatic nitrogens is 2. The zero-order valence-corrected chi connectivity index (χ0v) is 12.5. The van der Waals surface area contributed by atoms with Crippen LogP contribution in [0.15, 0.2) is 0 Å². The van der Waals surface area contributed by atoms with Gasteiger partial charge in [-0.15, -0.1) is 0 Å². The van der Waals surface area contributed by atoms with Crippen LogP contribution in [0, 0.1) is 6.92 Å². The first-order chi connectivity index (χ1) is 8.98. The maximum Gasteiger partial charge on any atom is 0.105 e. The van der Waals surface area contributed by atoms with Crippen molar-refractivity contribution in [1.82, 2.24) is 15.1 Å².